The Morgan fingerprint density at radius 2 is 1.91 bits per heavy atom. The van der Waals surface area contributed by atoms with Gasteiger partial charge >= 0.3 is 5.92 Å². The van der Waals surface area contributed by atoms with Crippen LogP contribution in [-0.4, -0.2) is 43.0 Å². The second-order valence-corrected chi connectivity index (χ2v) is 7.71. The van der Waals surface area contributed by atoms with Gasteiger partial charge in [-0.1, -0.05) is 0 Å². The summed E-state index contributed by atoms with van der Waals surface area (Å²) in [6, 6.07) is 0. The molecule has 1 saturated carbocycles. The van der Waals surface area contributed by atoms with E-state index in [9.17, 15) is 31.1 Å². The standard InChI is InChI=1S/C13H13F4NO4S/c1-23(20,21)12-9-8(10(15)13(16,17)11(9)19)7(4-18-12)22-6-2-5(14)3-6/h4-6,10-11,19H,2-3H2,1H3/t5-,6-,10-,11+/m1/s1. The lowest BCUT2D eigenvalue weighted by molar-refractivity contribution is -0.144. The van der Waals surface area contributed by atoms with Crippen molar-refractivity contribution >= 4 is 9.84 Å². The zero-order valence-corrected chi connectivity index (χ0v) is 12.7. The largest absolute Gasteiger partial charge is 0.488 e. The molecule has 0 amide bonds. The quantitative estimate of drug-likeness (QED) is 0.840. The lowest BCUT2D eigenvalue weighted by atomic mass is 9.93. The molecule has 23 heavy (non-hydrogen) atoms. The average molecular weight is 355 g/mol. The fraction of sp³-hybridized carbons (Fsp3) is 0.615. The van der Waals surface area contributed by atoms with Gasteiger partial charge in [0.2, 0.25) is 0 Å². The zero-order chi connectivity index (χ0) is 17.2. The maximum atomic E-state index is 14.1. The topological polar surface area (TPSA) is 76.5 Å². The van der Waals surface area contributed by atoms with Crippen LogP contribution < -0.4 is 4.74 Å². The Bertz CT molecular complexity index is 749. The minimum atomic E-state index is -4.20. The van der Waals surface area contributed by atoms with Gasteiger partial charge in [0, 0.05) is 30.2 Å². The number of sulfone groups is 1. The first kappa shape index (κ1) is 16.4. The first-order chi connectivity index (χ1) is 10.5. The van der Waals surface area contributed by atoms with Gasteiger partial charge in [0.1, 0.15) is 24.1 Å². The molecule has 3 rings (SSSR count). The highest BCUT2D eigenvalue weighted by atomic mass is 32.2. The van der Waals surface area contributed by atoms with Crippen LogP contribution in [0.5, 0.6) is 5.75 Å². The number of alkyl halides is 4. The minimum Gasteiger partial charge on any atom is -0.488 e. The van der Waals surface area contributed by atoms with Crippen LogP contribution in [0.1, 0.15) is 36.2 Å². The van der Waals surface area contributed by atoms with E-state index >= 15 is 0 Å². The fourth-order valence-electron chi connectivity index (χ4n) is 2.72. The summed E-state index contributed by atoms with van der Waals surface area (Å²) in [6.07, 6.45) is -5.70. The van der Waals surface area contributed by atoms with E-state index in [2.05, 4.69) is 4.98 Å². The highest BCUT2D eigenvalue weighted by Gasteiger charge is 2.59. The first-order valence-corrected chi connectivity index (χ1v) is 8.66. The zero-order valence-electron chi connectivity index (χ0n) is 11.8. The number of ether oxygens (including phenoxy) is 1. The predicted molar refractivity (Wildman–Crippen MR) is 69.6 cm³/mol. The van der Waals surface area contributed by atoms with Gasteiger partial charge in [-0.25, -0.2) is 22.2 Å². The molecule has 10 heteroatoms. The van der Waals surface area contributed by atoms with Crippen LogP contribution in [-0.2, 0) is 9.84 Å². The van der Waals surface area contributed by atoms with Gasteiger partial charge in [-0.3, -0.25) is 0 Å². The van der Waals surface area contributed by atoms with Gasteiger partial charge in [0.15, 0.2) is 21.0 Å². The van der Waals surface area contributed by atoms with Gasteiger partial charge in [0.05, 0.1) is 6.20 Å². The first-order valence-electron chi connectivity index (χ1n) is 6.77. The number of aromatic nitrogens is 1. The van der Waals surface area contributed by atoms with Crippen LogP contribution in [0.3, 0.4) is 0 Å². The Morgan fingerprint density at radius 3 is 2.43 bits per heavy atom. The molecule has 1 heterocycles. The molecule has 0 aliphatic heterocycles. The lowest BCUT2D eigenvalue weighted by Gasteiger charge is -2.30. The summed E-state index contributed by atoms with van der Waals surface area (Å²) in [5.74, 6) is -4.60. The number of aliphatic hydroxyl groups excluding tert-OH is 1. The summed E-state index contributed by atoms with van der Waals surface area (Å²) >= 11 is 0. The molecule has 5 nitrogen and oxygen atoms in total. The summed E-state index contributed by atoms with van der Waals surface area (Å²) in [6.45, 7) is 0. The summed E-state index contributed by atoms with van der Waals surface area (Å²) in [5.41, 5.74) is -1.53. The number of nitrogens with zero attached hydrogens (tertiary/aromatic N) is 1. The van der Waals surface area contributed by atoms with Crippen molar-refractivity contribution in [3.05, 3.63) is 17.3 Å². The maximum absolute atomic E-state index is 14.1. The van der Waals surface area contributed by atoms with E-state index in [0.717, 1.165) is 6.20 Å². The smallest absolute Gasteiger partial charge is 0.312 e. The van der Waals surface area contributed by atoms with Gasteiger partial charge in [-0.2, -0.15) is 8.78 Å². The molecule has 0 bridgehead atoms. The van der Waals surface area contributed by atoms with Crippen LogP contribution in [0.15, 0.2) is 11.2 Å². The second kappa shape index (κ2) is 5.04. The average Bonchev–Trinajstić information content (AvgIpc) is 2.58. The summed E-state index contributed by atoms with van der Waals surface area (Å²) in [5, 5.41) is 8.87. The van der Waals surface area contributed by atoms with Crippen molar-refractivity contribution in [1.82, 2.24) is 4.98 Å². The molecular weight excluding hydrogens is 342 g/mol. The summed E-state index contributed by atoms with van der Waals surface area (Å²) in [7, 11) is -4.07. The molecule has 0 unspecified atom stereocenters. The Labute approximate surface area is 129 Å². The predicted octanol–water partition coefficient (Wildman–Crippen LogP) is 2.06. The van der Waals surface area contributed by atoms with Crippen molar-refractivity contribution in [2.24, 2.45) is 0 Å². The molecule has 0 spiro atoms. The number of rotatable bonds is 3. The molecule has 2 atom stereocenters. The number of hydrogen-bond acceptors (Lipinski definition) is 5. The Hall–Kier alpha value is -1.42. The van der Waals surface area contributed by atoms with E-state index in [1.807, 2.05) is 0 Å². The van der Waals surface area contributed by atoms with Gasteiger partial charge in [-0.15, -0.1) is 0 Å². The minimum absolute atomic E-state index is 0.0263. The second-order valence-electron chi connectivity index (χ2n) is 5.78. The van der Waals surface area contributed by atoms with Crippen LogP contribution >= 0.6 is 0 Å². The number of pyridine rings is 1. The highest BCUT2D eigenvalue weighted by Crippen LogP contribution is 2.56. The lowest BCUT2D eigenvalue weighted by Crippen LogP contribution is -2.35. The van der Waals surface area contributed by atoms with Gasteiger partial charge < -0.3 is 9.84 Å². The Kier molecular flexibility index (Phi) is 3.60. The molecule has 2 aliphatic carbocycles. The van der Waals surface area contributed by atoms with Crippen LogP contribution in [0.2, 0.25) is 0 Å². The normalized spacial score (nSPS) is 32.3. The maximum Gasteiger partial charge on any atom is 0.312 e. The third kappa shape index (κ3) is 2.47. The Morgan fingerprint density at radius 1 is 1.30 bits per heavy atom. The van der Waals surface area contributed by atoms with E-state index in [4.69, 9.17) is 4.74 Å². The van der Waals surface area contributed by atoms with Crippen molar-refractivity contribution in [1.29, 1.82) is 0 Å². The molecule has 0 aromatic carbocycles. The molecule has 0 saturated heterocycles. The van der Waals surface area contributed by atoms with Crippen molar-refractivity contribution < 1.29 is 35.8 Å². The molecule has 1 aromatic rings. The highest BCUT2D eigenvalue weighted by molar-refractivity contribution is 7.90. The number of hydrogen-bond donors (Lipinski definition) is 1. The van der Waals surface area contributed by atoms with Crippen molar-refractivity contribution in [2.75, 3.05) is 6.26 Å². The van der Waals surface area contributed by atoms with Crippen molar-refractivity contribution in [3.63, 3.8) is 0 Å². The summed E-state index contributed by atoms with van der Waals surface area (Å²) < 4.78 is 83.2. The molecule has 0 radical (unpaired) electrons. The van der Waals surface area contributed by atoms with E-state index in [-0.39, 0.29) is 12.8 Å². The third-order valence-corrected chi connectivity index (χ3v) is 5.02. The van der Waals surface area contributed by atoms with Crippen molar-refractivity contribution in [3.8, 4) is 5.75 Å². The molecule has 2 aliphatic rings. The van der Waals surface area contributed by atoms with Crippen LogP contribution in [0.4, 0.5) is 17.6 Å². The van der Waals surface area contributed by atoms with Gasteiger partial charge in [0.25, 0.3) is 0 Å². The number of halogens is 4. The SMILES string of the molecule is CS(=O)(=O)c1ncc(O[C@H]2C[C@H](F)C2)c2c1[C@H](O)C(F)(F)[C@@H]2F. The van der Waals surface area contributed by atoms with E-state index in [1.165, 1.54) is 0 Å². The molecular formula is C13H13F4NO4S. The molecule has 1 fully saturated rings. The number of fused-ring (bicyclic) bond motifs is 1. The number of aliphatic hydroxyl groups is 1. The van der Waals surface area contributed by atoms with E-state index < -0.39 is 62.2 Å². The van der Waals surface area contributed by atoms with E-state index in [1.54, 1.807) is 0 Å². The molecule has 128 valence electrons. The summed E-state index contributed by atoms with van der Waals surface area (Å²) in [4.78, 5) is 3.54. The van der Waals surface area contributed by atoms with Crippen LogP contribution in [0.25, 0.3) is 0 Å². The van der Waals surface area contributed by atoms with Crippen molar-refractivity contribution in [2.45, 2.75) is 48.3 Å². The van der Waals surface area contributed by atoms with E-state index in [0.29, 0.717) is 6.26 Å². The Balaban J connectivity index is 2.12. The third-order valence-electron chi connectivity index (χ3n) is 4.00. The fourth-order valence-corrected chi connectivity index (χ4v) is 3.59. The molecule has 1 aromatic heterocycles. The van der Waals surface area contributed by atoms with Gasteiger partial charge in [-0.05, 0) is 0 Å². The van der Waals surface area contributed by atoms with Crippen LogP contribution in [0, 0.1) is 0 Å². The monoisotopic (exact) mass is 355 g/mol. The molecule has 1 N–H and O–H groups in total.